The maximum Gasteiger partial charge on any atom is 0.306 e. The summed E-state index contributed by atoms with van der Waals surface area (Å²) in [5.41, 5.74) is 0. The van der Waals surface area contributed by atoms with Crippen LogP contribution in [0.2, 0.25) is 0 Å². The van der Waals surface area contributed by atoms with Crippen LogP contribution in [0.25, 0.3) is 0 Å². The number of rotatable bonds is 3. The summed E-state index contributed by atoms with van der Waals surface area (Å²) in [5.74, 6) is -1.43. The van der Waals surface area contributed by atoms with Crippen molar-refractivity contribution < 1.29 is 19.5 Å². The van der Waals surface area contributed by atoms with Crippen molar-refractivity contribution in [3.63, 3.8) is 0 Å². The molecule has 3 N–H and O–H groups in total. The van der Waals surface area contributed by atoms with E-state index in [-0.39, 0.29) is 23.8 Å². The van der Waals surface area contributed by atoms with Crippen molar-refractivity contribution in [3.8, 4) is 0 Å². The minimum atomic E-state index is -0.795. The Balaban J connectivity index is 1.80. The zero-order valence-electron chi connectivity index (χ0n) is 9.44. The van der Waals surface area contributed by atoms with E-state index in [1.807, 2.05) is 0 Å². The summed E-state index contributed by atoms with van der Waals surface area (Å²) < 4.78 is 0. The fourth-order valence-electron chi connectivity index (χ4n) is 2.45. The number of aliphatic carboxylic acids is 1. The molecular formula is C11H16N2O4. The van der Waals surface area contributed by atoms with E-state index in [0.29, 0.717) is 32.1 Å². The minimum absolute atomic E-state index is 0.0684. The fourth-order valence-corrected chi connectivity index (χ4v) is 2.45. The number of carboxylic acid groups (broad SMARTS) is 1. The van der Waals surface area contributed by atoms with Crippen LogP contribution in [0.3, 0.4) is 0 Å². The van der Waals surface area contributed by atoms with E-state index in [0.717, 1.165) is 0 Å². The third kappa shape index (κ3) is 2.75. The highest BCUT2D eigenvalue weighted by molar-refractivity contribution is 5.90. The largest absolute Gasteiger partial charge is 0.481 e. The van der Waals surface area contributed by atoms with Crippen LogP contribution in [0.4, 0.5) is 0 Å². The van der Waals surface area contributed by atoms with E-state index in [9.17, 15) is 14.4 Å². The zero-order valence-corrected chi connectivity index (χ0v) is 9.44. The smallest absolute Gasteiger partial charge is 0.306 e. The predicted molar refractivity (Wildman–Crippen MR) is 58.1 cm³/mol. The van der Waals surface area contributed by atoms with Gasteiger partial charge in [-0.05, 0) is 25.7 Å². The Kier molecular flexibility index (Phi) is 3.31. The molecule has 0 bridgehead atoms. The van der Waals surface area contributed by atoms with Gasteiger partial charge in [0.2, 0.25) is 11.8 Å². The maximum atomic E-state index is 11.8. The van der Waals surface area contributed by atoms with Gasteiger partial charge in [0.05, 0.1) is 5.92 Å². The van der Waals surface area contributed by atoms with Crippen LogP contribution in [-0.4, -0.2) is 35.0 Å². The van der Waals surface area contributed by atoms with Gasteiger partial charge >= 0.3 is 5.97 Å². The lowest BCUT2D eigenvalue weighted by Gasteiger charge is -2.16. The molecule has 2 rings (SSSR count). The Morgan fingerprint density at radius 2 is 2.06 bits per heavy atom. The van der Waals surface area contributed by atoms with E-state index >= 15 is 0 Å². The second kappa shape index (κ2) is 4.73. The number of amides is 2. The molecule has 6 nitrogen and oxygen atoms in total. The second-order valence-corrected chi connectivity index (χ2v) is 4.71. The van der Waals surface area contributed by atoms with Crippen LogP contribution in [0.15, 0.2) is 0 Å². The summed E-state index contributed by atoms with van der Waals surface area (Å²) in [6.07, 6.45) is 2.71. The number of carbonyl (C=O) groups excluding carboxylic acids is 2. The van der Waals surface area contributed by atoms with Gasteiger partial charge in [-0.1, -0.05) is 0 Å². The lowest BCUT2D eigenvalue weighted by atomic mass is 10.1. The minimum Gasteiger partial charge on any atom is -0.481 e. The Bertz CT molecular complexity index is 355. The SMILES string of the molecule is O=C1CC[C@H](C(=O)NC2CCC(C(=O)O)C2)N1. The molecule has 0 aromatic rings. The van der Waals surface area contributed by atoms with E-state index in [1.54, 1.807) is 0 Å². The van der Waals surface area contributed by atoms with Gasteiger partial charge in [-0.25, -0.2) is 0 Å². The van der Waals surface area contributed by atoms with Crippen LogP contribution < -0.4 is 10.6 Å². The number of nitrogens with one attached hydrogen (secondary N) is 2. The lowest BCUT2D eigenvalue weighted by Crippen LogP contribution is -2.45. The van der Waals surface area contributed by atoms with Crippen LogP contribution in [0.1, 0.15) is 32.1 Å². The summed E-state index contributed by atoms with van der Waals surface area (Å²) in [5, 5.41) is 14.2. The molecule has 2 unspecified atom stereocenters. The summed E-state index contributed by atoms with van der Waals surface area (Å²) in [6, 6.07) is -0.507. The Morgan fingerprint density at radius 3 is 2.59 bits per heavy atom. The highest BCUT2D eigenvalue weighted by atomic mass is 16.4. The van der Waals surface area contributed by atoms with Gasteiger partial charge < -0.3 is 15.7 Å². The van der Waals surface area contributed by atoms with Gasteiger partial charge in [0, 0.05) is 12.5 Å². The van der Waals surface area contributed by atoms with Crippen molar-refractivity contribution in [2.24, 2.45) is 5.92 Å². The Labute approximate surface area is 98.8 Å². The predicted octanol–water partition coefficient (Wildman–Crippen LogP) is -0.365. The molecule has 94 valence electrons. The quantitative estimate of drug-likeness (QED) is 0.627. The first-order chi connectivity index (χ1) is 8.06. The number of carboxylic acids is 1. The molecule has 1 saturated carbocycles. The fraction of sp³-hybridized carbons (Fsp3) is 0.727. The van der Waals surface area contributed by atoms with Gasteiger partial charge in [0.25, 0.3) is 0 Å². The van der Waals surface area contributed by atoms with E-state index < -0.39 is 12.0 Å². The van der Waals surface area contributed by atoms with Crippen molar-refractivity contribution in [3.05, 3.63) is 0 Å². The molecule has 17 heavy (non-hydrogen) atoms. The van der Waals surface area contributed by atoms with Crippen LogP contribution in [0.5, 0.6) is 0 Å². The number of hydrogen-bond acceptors (Lipinski definition) is 3. The van der Waals surface area contributed by atoms with E-state index in [4.69, 9.17) is 5.11 Å². The van der Waals surface area contributed by atoms with Crippen LogP contribution in [0, 0.1) is 5.92 Å². The highest BCUT2D eigenvalue weighted by Gasteiger charge is 2.33. The number of hydrogen-bond donors (Lipinski definition) is 3. The molecule has 2 fully saturated rings. The molecule has 2 aliphatic rings. The first kappa shape index (κ1) is 11.9. The Morgan fingerprint density at radius 1 is 1.29 bits per heavy atom. The van der Waals surface area contributed by atoms with Gasteiger partial charge in [0.1, 0.15) is 6.04 Å². The molecular weight excluding hydrogens is 224 g/mol. The molecule has 1 heterocycles. The topological polar surface area (TPSA) is 95.5 Å². The monoisotopic (exact) mass is 240 g/mol. The maximum absolute atomic E-state index is 11.8. The average molecular weight is 240 g/mol. The van der Waals surface area contributed by atoms with Crippen LogP contribution in [-0.2, 0) is 14.4 Å². The molecule has 6 heteroatoms. The summed E-state index contributed by atoms with van der Waals surface area (Å²) >= 11 is 0. The normalized spacial score (nSPS) is 32.2. The molecule has 2 amide bonds. The molecule has 0 aromatic carbocycles. The molecule has 0 radical (unpaired) electrons. The van der Waals surface area contributed by atoms with Gasteiger partial charge in [-0.3, -0.25) is 14.4 Å². The molecule has 3 atom stereocenters. The summed E-state index contributed by atoms with van der Waals surface area (Å²) in [6.45, 7) is 0. The van der Waals surface area contributed by atoms with Gasteiger partial charge in [-0.2, -0.15) is 0 Å². The first-order valence-electron chi connectivity index (χ1n) is 5.89. The lowest BCUT2D eigenvalue weighted by molar-refractivity contribution is -0.141. The van der Waals surface area contributed by atoms with E-state index in [1.165, 1.54) is 0 Å². The zero-order chi connectivity index (χ0) is 12.4. The van der Waals surface area contributed by atoms with Crippen molar-refractivity contribution in [2.75, 3.05) is 0 Å². The van der Waals surface area contributed by atoms with Crippen molar-refractivity contribution >= 4 is 17.8 Å². The summed E-state index contributed by atoms with van der Waals surface area (Å²) in [7, 11) is 0. The third-order valence-electron chi connectivity index (χ3n) is 3.44. The molecule has 1 aliphatic carbocycles. The average Bonchev–Trinajstić information content (AvgIpc) is 2.86. The van der Waals surface area contributed by atoms with Crippen LogP contribution >= 0.6 is 0 Å². The second-order valence-electron chi connectivity index (χ2n) is 4.71. The van der Waals surface area contributed by atoms with Crippen molar-refractivity contribution in [1.82, 2.24) is 10.6 Å². The van der Waals surface area contributed by atoms with Gasteiger partial charge in [-0.15, -0.1) is 0 Å². The highest BCUT2D eigenvalue weighted by Crippen LogP contribution is 2.25. The molecule has 0 spiro atoms. The van der Waals surface area contributed by atoms with E-state index in [2.05, 4.69) is 10.6 Å². The van der Waals surface area contributed by atoms with Crippen molar-refractivity contribution in [1.29, 1.82) is 0 Å². The molecule has 0 aromatic heterocycles. The first-order valence-corrected chi connectivity index (χ1v) is 5.89. The third-order valence-corrected chi connectivity index (χ3v) is 3.44. The molecule has 1 saturated heterocycles. The standard InChI is InChI=1S/C11H16N2O4/c14-9-4-3-8(13-9)10(15)12-7-2-1-6(5-7)11(16)17/h6-8H,1-5H2,(H,12,15)(H,13,14)(H,16,17)/t6?,7?,8-/m1/s1. The van der Waals surface area contributed by atoms with Gasteiger partial charge in [0.15, 0.2) is 0 Å². The Hall–Kier alpha value is -1.59. The van der Waals surface area contributed by atoms with Crippen molar-refractivity contribution in [2.45, 2.75) is 44.2 Å². The molecule has 1 aliphatic heterocycles. The summed E-state index contributed by atoms with van der Waals surface area (Å²) in [4.78, 5) is 33.5. The number of carbonyl (C=O) groups is 3.